The summed E-state index contributed by atoms with van der Waals surface area (Å²) in [6, 6.07) is 5.71. The number of H-pyrrole nitrogens is 1. The van der Waals surface area contributed by atoms with Crippen LogP contribution in [0.3, 0.4) is 0 Å². The molecule has 0 fully saturated rings. The molecule has 0 bridgehead atoms. The summed E-state index contributed by atoms with van der Waals surface area (Å²) >= 11 is 3.40. The summed E-state index contributed by atoms with van der Waals surface area (Å²) in [5.41, 5.74) is 9.56. The topological polar surface area (TPSA) is 67.6 Å². The Kier molecular flexibility index (Phi) is 3.67. The fraction of sp³-hybridized carbons (Fsp3) is 0.286. The van der Waals surface area contributed by atoms with Crippen LogP contribution in [0, 0.1) is 0 Å². The highest BCUT2D eigenvalue weighted by molar-refractivity contribution is 7.98. The summed E-state index contributed by atoms with van der Waals surface area (Å²) in [4.78, 5) is 12.5. The van der Waals surface area contributed by atoms with Crippen LogP contribution in [0.25, 0.3) is 11.0 Å². The number of aromatic nitrogens is 3. The fourth-order valence-electron chi connectivity index (χ4n) is 1.87. The Morgan fingerprint density at radius 3 is 2.95 bits per heavy atom. The standard InChI is InChI=1S/C14H16N4S2/c1-8(2)13-16-10(6-19-13)7-20-14-17-11-4-3-9(15)5-12(11)18-14/h3-6,8H,7,15H2,1-2H3,(H,17,18). The summed E-state index contributed by atoms with van der Waals surface area (Å²) in [5.74, 6) is 1.33. The van der Waals surface area contributed by atoms with Crippen LogP contribution >= 0.6 is 23.1 Å². The van der Waals surface area contributed by atoms with Crippen molar-refractivity contribution in [3.63, 3.8) is 0 Å². The molecule has 3 N–H and O–H groups in total. The molecule has 0 radical (unpaired) electrons. The summed E-state index contributed by atoms with van der Waals surface area (Å²) in [7, 11) is 0. The van der Waals surface area contributed by atoms with E-state index in [1.54, 1.807) is 23.1 Å². The van der Waals surface area contributed by atoms with E-state index in [0.29, 0.717) is 5.92 Å². The normalized spacial score (nSPS) is 11.6. The molecule has 104 valence electrons. The minimum absolute atomic E-state index is 0.493. The number of nitrogen functional groups attached to an aromatic ring is 1. The van der Waals surface area contributed by atoms with Gasteiger partial charge in [-0.15, -0.1) is 11.3 Å². The van der Waals surface area contributed by atoms with Gasteiger partial charge in [-0.2, -0.15) is 0 Å². The van der Waals surface area contributed by atoms with Crippen molar-refractivity contribution in [1.29, 1.82) is 0 Å². The Hall–Kier alpha value is -1.53. The second kappa shape index (κ2) is 5.46. The SMILES string of the molecule is CC(C)c1nc(CSc2nc3ccc(N)cc3[nH]2)cs1. The van der Waals surface area contributed by atoms with Crippen LogP contribution in [-0.2, 0) is 5.75 Å². The molecule has 4 nitrogen and oxygen atoms in total. The highest BCUT2D eigenvalue weighted by Crippen LogP contribution is 2.26. The first-order chi connectivity index (χ1) is 9.61. The third-order valence-corrected chi connectivity index (χ3v) is 5.01. The zero-order valence-electron chi connectivity index (χ0n) is 11.4. The number of imidazole rings is 1. The molecule has 2 heterocycles. The Morgan fingerprint density at radius 1 is 1.35 bits per heavy atom. The number of benzene rings is 1. The first-order valence-electron chi connectivity index (χ1n) is 6.44. The van der Waals surface area contributed by atoms with E-state index in [1.807, 2.05) is 18.2 Å². The van der Waals surface area contributed by atoms with E-state index in [1.165, 1.54) is 5.01 Å². The Balaban J connectivity index is 1.72. The van der Waals surface area contributed by atoms with E-state index in [4.69, 9.17) is 5.73 Å². The van der Waals surface area contributed by atoms with Crippen molar-refractivity contribution in [2.75, 3.05) is 5.73 Å². The van der Waals surface area contributed by atoms with Crippen LogP contribution in [0.5, 0.6) is 0 Å². The lowest BCUT2D eigenvalue weighted by Crippen LogP contribution is -1.87. The Bertz CT molecular complexity index is 730. The monoisotopic (exact) mass is 304 g/mol. The third-order valence-electron chi connectivity index (χ3n) is 2.90. The van der Waals surface area contributed by atoms with Crippen molar-refractivity contribution in [3.05, 3.63) is 34.3 Å². The molecule has 3 rings (SSSR count). The van der Waals surface area contributed by atoms with Crippen LogP contribution in [0.15, 0.2) is 28.7 Å². The number of anilines is 1. The van der Waals surface area contributed by atoms with Crippen molar-refractivity contribution in [3.8, 4) is 0 Å². The van der Waals surface area contributed by atoms with Gasteiger partial charge in [-0.25, -0.2) is 9.97 Å². The van der Waals surface area contributed by atoms with E-state index in [2.05, 4.69) is 34.2 Å². The molecule has 3 aromatic rings. The summed E-state index contributed by atoms with van der Waals surface area (Å²) in [5, 5.41) is 4.23. The number of fused-ring (bicyclic) bond motifs is 1. The molecule has 1 aromatic carbocycles. The zero-order chi connectivity index (χ0) is 14.1. The Morgan fingerprint density at radius 2 is 2.20 bits per heavy atom. The van der Waals surface area contributed by atoms with Gasteiger partial charge in [-0.05, 0) is 18.2 Å². The second-order valence-corrected chi connectivity index (χ2v) is 6.79. The molecule has 0 amide bonds. The van der Waals surface area contributed by atoms with Gasteiger partial charge in [0.25, 0.3) is 0 Å². The van der Waals surface area contributed by atoms with Gasteiger partial charge in [0.15, 0.2) is 5.16 Å². The highest BCUT2D eigenvalue weighted by Gasteiger charge is 2.08. The van der Waals surface area contributed by atoms with E-state index in [9.17, 15) is 0 Å². The number of nitrogens with one attached hydrogen (secondary N) is 1. The predicted molar refractivity (Wildman–Crippen MR) is 86.3 cm³/mol. The Labute approximate surface area is 125 Å². The number of nitrogens with zero attached hydrogens (tertiary/aromatic N) is 2. The van der Waals surface area contributed by atoms with Crippen molar-refractivity contribution >= 4 is 39.8 Å². The van der Waals surface area contributed by atoms with Crippen LogP contribution in [0.2, 0.25) is 0 Å². The van der Waals surface area contributed by atoms with Gasteiger partial charge >= 0.3 is 0 Å². The van der Waals surface area contributed by atoms with Crippen molar-refractivity contribution in [1.82, 2.24) is 15.0 Å². The minimum atomic E-state index is 0.493. The average molecular weight is 304 g/mol. The number of nitrogens with two attached hydrogens (primary N) is 1. The average Bonchev–Trinajstić information content (AvgIpc) is 3.01. The molecule has 0 spiro atoms. The summed E-state index contributed by atoms with van der Waals surface area (Å²) in [6.45, 7) is 4.33. The fourth-order valence-corrected chi connectivity index (χ4v) is 3.59. The summed E-state index contributed by atoms with van der Waals surface area (Å²) in [6.07, 6.45) is 0. The first kappa shape index (κ1) is 13.5. The molecule has 20 heavy (non-hydrogen) atoms. The molecular formula is C14H16N4S2. The quantitative estimate of drug-likeness (QED) is 0.564. The van der Waals surface area contributed by atoms with E-state index in [-0.39, 0.29) is 0 Å². The van der Waals surface area contributed by atoms with Crippen molar-refractivity contribution in [2.45, 2.75) is 30.7 Å². The van der Waals surface area contributed by atoms with Gasteiger partial charge in [-0.3, -0.25) is 0 Å². The van der Waals surface area contributed by atoms with Crippen LogP contribution in [0.4, 0.5) is 5.69 Å². The van der Waals surface area contributed by atoms with E-state index >= 15 is 0 Å². The number of aromatic amines is 1. The lowest BCUT2D eigenvalue weighted by Gasteiger charge is -1.97. The lowest BCUT2D eigenvalue weighted by atomic mass is 10.2. The van der Waals surface area contributed by atoms with Crippen LogP contribution in [-0.4, -0.2) is 15.0 Å². The number of hydrogen-bond donors (Lipinski definition) is 2. The molecule has 0 aliphatic heterocycles. The second-order valence-electron chi connectivity index (χ2n) is 4.94. The van der Waals surface area contributed by atoms with Crippen LogP contribution < -0.4 is 5.73 Å². The van der Waals surface area contributed by atoms with Gasteiger partial charge in [0.1, 0.15) is 0 Å². The number of rotatable bonds is 4. The maximum absolute atomic E-state index is 5.77. The minimum Gasteiger partial charge on any atom is -0.399 e. The maximum Gasteiger partial charge on any atom is 0.166 e. The smallest absolute Gasteiger partial charge is 0.166 e. The molecule has 0 aliphatic carbocycles. The summed E-state index contributed by atoms with van der Waals surface area (Å²) < 4.78 is 0. The van der Waals surface area contributed by atoms with Gasteiger partial charge in [0.05, 0.1) is 21.7 Å². The zero-order valence-corrected chi connectivity index (χ0v) is 13.0. The molecular weight excluding hydrogens is 288 g/mol. The molecule has 0 saturated heterocycles. The van der Waals surface area contributed by atoms with Gasteiger partial charge in [-0.1, -0.05) is 25.6 Å². The molecule has 6 heteroatoms. The first-order valence-corrected chi connectivity index (χ1v) is 8.30. The largest absolute Gasteiger partial charge is 0.399 e. The van der Waals surface area contributed by atoms with Gasteiger partial charge in [0.2, 0.25) is 0 Å². The third kappa shape index (κ3) is 2.81. The number of thioether (sulfide) groups is 1. The molecule has 0 unspecified atom stereocenters. The highest BCUT2D eigenvalue weighted by atomic mass is 32.2. The van der Waals surface area contributed by atoms with E-state index < -0.39 is 0 Å². The lowest BCUT2D eigenvalue weighted by molar-refractivity contribution is 0.846. The molecule has 0 saturated carbocycles. The molecule has 0 atom stereocenters. The molecule has 0 aliphatic rings. The number of hydrogen-bond acceptors (Lipinski definition) is 5. The number of thiazole rings is 1. The van der Waals surface area contributed by atoms with Gasteiger partial charge in [0, 0.05) is 22.7 Å². The molecule has 2 aromatic heterocycles. The predicted octanol–water partition coefficient (Wildman–Crippen LogP) is 4.02. The van der Waals surface area contributed by atoms with Gasteiger partial charge < -0.3 is 10.7 Å². The van der Waals surface area contributed by atoms with Crippen molar-refractivity contribution in [2.24, 2.45) is 0 Å². The maximum atomic E-state index is 5.77. The van der Waals surface area contributed by atoms with E-state index in [0.717, 1.165) is 33.3 Å². The van der Waals surface area contributed by atoms with Crippen molar-refractivity contribution < 1.29 is 0 Å². The van der Waals surface area contributed by atoms with Crippen LogP contribution in [0.1, 0.15) is 30.5 Å².